The Balaban J connectivity index is 0.00000106. The monoisotopic (exact) mass is 218 g/mol. The van der Waals surface area contributed by atoms with Gasteiger partial charge >= 0.3 is 0 Å². The first-order valence-corrected chi connectivity index (χ1v) is 5.55. The molecule has 0 aromatic heterocycles. The minimum absolute atomic E-state index is 0.651. The number of allylic oxidation sites excluding steroid dienone is 1. The first-order chi connectivity index (χ1) is 7.54. The molecule has 88 valence electrons. The molecule has 0 aliphatic heterocycles. The fraction of sp³-hybridized carbons (Fsp3) is 0.333. The van der Waals surface area contributed by atoms with E-state index in [-0.39, 0.29) is 0 Å². The molecule has 1 heteroatoms. The zero-order valence-corrected chi connectivity index (χ0v) is 11.1. The molecule has 0 bridgehead atoms. The van der Waals surface area contributed by atoms with Crippen LogP contribution in [0.25, 0.3) is 12.7 Å². The topological polar surface area (TPSA) is 9.23 Å². The third-order valence-electron chi connectivity index (χ3n) is 2.33. The van der Waals surface area contributed by atoms with E-state index in [0.717, 1.165) is 10.4 Å². The van der Waals surface area contributed by atoms with Gasteiger partial charge in [-0.2, -0.15) is 0 Å². The van der Waals surface area contributed by atoms with Crippen LogP contribution in [0.5, 0.6) is 0 Å². The van der Waals surface area contributed by atoms with E-state index in [1.54, 1.807) is 7.11 Å². The summed E-state index contributed by atoms with van der Waals surface area (Å²) in [6.07, 6.45) is 1.90. The minimum Gasteiger partial charge on any atom is -0.497 e. The standard InChI is InChI=1S/C13H16O.C2H6/c1-9-6-11(3)13(7-10(9)2)8-12(4)14-5;1-2/h6-8H,3-4H2,1-2,5H3;1-2H3/b13-8-;. The predicted octanol–water partition coefficient (Wildman–Crippen LogP) is 2.68. The quantitative estimate of drug-likeness (QED) is 0.693. The smallest absolute Gasteiger partial charge is 0.112 e. The Kier molecular flexibility index (Phi) is 6.24. The first-order valence-electron chi connectivity index (χ1n) is 5.55. The van der Waals surface area contributed by atoms with Gasteiger partial charge in [0.1, 0.15) is 5.76 Å². The Hall–Kier alpha value is -1.50. The fourth-order valence-corrected chi connectivity index (χ4v) is 1.27. The summed E-state index contributed by atoms with van der Waals surface area (Å²) in [6.45, 7) is 15.9. The van der Waals surface area contributed by atoms with Crippen molar-refractivity contribution in [2.24, 2.45) is 0 Å². The third-order valence-corrected chi connectivity index (χ3v) is 2.33. The highest BCUT2D eigenvalue weighted by atomic mass is 16.5. The lowest BCUT2D eigenvalue weighted by atomic mass is 10.1. The Morgan fingerprint density at radius 3 is 2.19 bits per heavy atom. The van der Waals surface area contributed by atoms with Gasteiger partial charge < -0.3 is 4.74 Å². The van der Waals surface area contributed by atoms with Gasteiger partial charge in [0.05, 0.1) is 7.11 Å². The molecule has 0 unspecified atom stereocenters. The minimum atomic E-state index is 0.651. The van der Waals surface area contributed by atoms with E-state index in [0.29, 0.717) is 5.76 Å². The van der Waals surface area contributed by atoms with E-state index in [4.69, 9.17) is 4.74 Å². The van der Waals surface area contributed by atoms with Crippen LogP contribution in [0.3, 0.4) is 0 Å². The molecular weight excluding hydrogens is 196 g/mol. The van der Waals surface area contributed by atoms with Crippen LogP contribution in [0.2, 0.25) is 0 Å². The summed E-state index contributed by atoms with van der Waals surface area (Å²) in [5, 5.41) is 2.08. The number of hydrogen-bond donors (Lipinski definition) is 0. The van der Waals surface area contributed by atoms with E-state index >= 15 is 0 Å². The summed E-state index contributed by atoms with van der Waals surface area (Å²) in [4.78, 5) is 0. The highest BCUT2D eigenvalue weighted by Crippen LogP contribution is 1.98. The van der Waals surface area contributed by atoms with Gasteiger partial charge in [-0.25, -0.2) is 0 Å². The van der Waals surface area contributed by atoms with Crippen molar-refractivity contribution in [3.8, 4) is 0 Å². The molecule has 16 heavy (non-hydrogen) atoms. The number of methoxy groups -OCH3 is 1. The van der Waals surface area contributed by atoms with Crippen LogP contribution in [0.4, 0.5) is 0 Å². The van der Waals surface area contributed by atoms with Gasteiger partial charge in [0.2, 0.25) is 0 Å². The largest absolute Gasteiger partial charge is 0.497 e. The highest BCUT2D eigenvalue weighted by Gasteiger charge is 1.93. The van der Waals surface area contributed by atoms with Crippen molar-refractivity contribution in [3.05, 3.63) is 46.0 Å². The van der Waals surface area contributed by atoms with Crippen LogP contribution in [0.1, 0.15) is 25.0 Å². The van der Waals surface area contributed by atoms with Gasteiger partial charge in [0.15, 0.2) is 0 Å². The van der Waals surface area contributed by atoms with Crippen molar-refractivity contribution in [1.82, 2.24) is 0 Å². The summed E-state index contributed by atoms with van der Waals surface area (Å²) >= 11 is 0. The average Bonchev–Trinajstić information content (AvgIpc) is 2.28. The van der Waals surface area contributed by atoms with E-state index in [2.05, 4.69) is 39.1 Å². The average molecular weight is 218 g/mol. The number of hydrogen-bond acceptors (Lipinski definition) is 1. The maximum atomic E-state index is 5.00. The Bertz CT molecular complexity index is 455. The maximum absolute atomic E-state index is 5.00. The van der Waals surface area contributed by atoms with Crippen molar-refractivity contribution >= 4 is 12.7 Å². The van der Waals surface area contributed by atoms with Crippen molar-refractivity contribution in [3.63, 3.8) is 0 Å². The fourth-order valence-electron chi connectivity index (χ4n) is 1.27. The van der Waals surface area contributed by atoms with Gasteiger partial charge in [-0.15, -0.1) is 0 Å². The summed E-state index contributed by atoms with van der Waals surface area (Å²) in [6, 6.07) is 4.17. The van der Waals surface area contributed by atoms with Crippen LogP contribution in [-0.4, -0.2) is 7.11 Å². The molecule has 0 saturated carbocycles. The van der Waals surface area contributed by atoms with Crippen molar-refractivity contribution in [1.29, 1.82) is 0 Å². The lowest BCUT2D eigenvalue weighted by Gasteiger charge is -2.00. The Labute approximate surface area is 98.8 Å². The van der Waals surface area contributed by atoms with Gasteiger partial charge in [0, 0.05) is 0 Å². The SMILES string of the molecule is C=C(/C=c1/cc(C)c(C)cc1=C)OC.CC. The normalized spacial score (nSPS) is 10.4. The van der Waals surface area contributed by atoms with E-state index in [1.807, 2.05) is 19.9 Å². The third kappa shape index (κ3) is 3.93. The molecule has 0 N–H and O–H groups in total. The van der Waals surface area contributed by atoms with Crippen LogP contribution in [0, 0.1) is 13.8 Å². The van der Waals surface area contributed by atoms with E-state index < -0.39 is 0 Å². The first kappa shape index (κ1) is 14.5. The van der Waals surface area contributed by atoms with Gasteiger partial charge in [-0.1, -0.05) is 39.1 Å². The van der Waals surface area contributed by atoms with Crippen LogP contribution in [0.15, 0.2) is 24.5 Å². The lowest BCUT2D eigenvalue weighted by molar-refractivity contribution is 0.315. The van der Waals surface area contributed by atoms with Gasteiger partial charge in [0.25, 0.3) is 0 Å². The molecular formula is C15H22O. The molecule has 1 nitrogen and oxygen atoms in total. The lowest BCUT2D eigenvalue weighted by Crippen LogP contribution is -2.24. The molecule has 0 fully saturated rings. The van der Waals surface area contributed by atoms with E-state index in [9.17, 15) is 0 Å². The molecule has 0 spiro atoms. The predicted molar refractivity (Wildman–Crippen MR) is 72.7 cm³/mol. The van der Waals surface area contributed by atoms with Crippen molar-refractivity contribution in [2.75, 3.05) is 7.11 Å². The van der Waals surface area contributed by atoms with Crippen LogP contribution < -0.4 is 10.4 Å². The molecule has 1 aromatic rings. The second kappa shape index (κ2) is 6.89. The molecule has 0 aliphatic carbocycles. The number of rotatable bonds is 2. The van der Waals surface area contributed by atoms with Gasteiger partial charge in [-0.05, 0) is 41.5 Å². The summed E-state index contributed by atoms with van der Waals surface area (Å²) in [5.41, 5.74) is 2.52. The zero-order valence-electron chi connectivity index (χ0n) is 11.1. The molecule has 1 rings (SSSR count). The summed E-state index contributed by atoms with van der Waals surface area (Å²) in [7, 11) is 1.61. The van der Waals surface area contributed by atoms with E-state index in [1.165, 1.54) is 11.1 Å². The summed E-state index contributed by atoms with van der Waals surface area (Å²) in [5.74, 6) is 0.651. The highest BCUT2D eigenvalue weighted by molar-refractivity contribution is 5.43. The number of aryl methyl sites for hydroxylation is 2. The number of ether oxygens (including phenoxy) is 1. The zero-order chi connectivity index (χ0) is 12.7. The van der Waals surface area contributed by atoms with Crippen molar-refractivity contribution in [2.45, 2.75) is 27.7 Å². The molecule has 0 aliphatic rings. The maximum Gasteiger partial charge on any atom is 0.112 e. The van der Waals surface area contributed by atoms with Crippen molar-refractivity contribution < 1.29 is 4.74 Å². The molecule has 0 amide bonds. The molecule has 0 radical (unpaired) electrons. The number of benzene rings is 1. The molecule has 0 heterocycles. The second-order valence-electron chi connectivity index (χ2n) is 3.45. The van der Waals surface area contributed by atoms with Crippen LogP contribution in [-0.2, 0) is 4.74 Å². The molecule has 0 atom stereocenters. The van der Waals surface area contributed by atoms with Gasteiger partial charge in [-0.3, -0.25) is 0 Å². The Morgan fingerprint density at radius 2 is 1.69 bits per heavy atom. The molecule has 0 saturated heterocycles. The summed E-state index contributed by atoms with van der Waals surface area (Å²) < 4.78 is 5.00. The second-order valence-corrected chi connectivity index (χ2v) is 3.45. The Morgan fingerprint density at radius 1 is 1.19 bits per heavy atom. The van der Waals surface area contributed by atoms with Crippen LogP contribution >= 0.6 is 0 Å². The molecule has 1 aromatic carbocycles.